The minimum atomic E-state index is -5.16. The number of rotatable bonds is 4. The second kappa shape index (κ2) is 6.69. The summed E-state index contributed by atoms with van der Waals surface area (Å²) in [6.07, 6.45) is -4.79. The second-order valence-corrected chi connectivity index (χ2v) is 8.97. The number of carbonyl (C=O) groups is 2. The average molecular weight is 497 g/mol. The first-order valence-electron chi connectivity index (χ1n) is 8.19. The quantitative estimate of drug-likeness (QED) is 0.470. The molecule has 1 aliphatic carbocycles. The summed E-state index contributed by atoms with van der Waals surface area (Å²) in [6.45, 7) is -0.208. The summed E-state index contributed by atoms with van der Waals surface area (Å²) in [5.74, 6) is -3.63. The fraction of sp³-hybridized carbons (Fsp3) is 0.375. The van der Waals surface area contributed by atoms with E-state index in [1.807, 2.05) is 0 Å². The van der Waals surface area contributed by atoms with Crippen molar-refractivity contribution in [3.05, 3.63) is 44.3 Å². The Balaban J connectivity index is 1.75. The van der Waals surface area contributed by atoms with Gasteiger partial charge in [-0.15, -0.1) is 10.2 Å². The van der Waals surface area contributed by atoms with E-state index >= 15 is 0 Å². The molecule has 0 N–H and O–H groups in total. The molecule has 2 aliphatic rings. The van der Waals surface area contributed by atoms with Crippen LogP contribution in [-0.4, -0.2) is 43.7 Å². The van der Waals surface area contributed by atoms with E-state index in [1.54, 1.807) is 0 Å². The number of alkyl halides is 3. The average Bonchev–Trinajstić information content (AvgIpc) is 3.28. The maximum Gasteiger partial charge on any atom is 0.413 e. The van der Waals surface area contributed by atoms with Gasteiger partial charge in [0.25, 0.3) is 5.91 Å². The molecule has 29 heavy (non-hydrogen) atoms. The van der Waals surface area contributed by atoms with Crippen LogP contribution in [0.4, 0.5) is 26.7 Å². The third-order valence-electron chi connectivity index (χ3n) is 4.86. The number of urea groups is 1. The van der Waals surface area contributed by atoms with Crippen molar-refractivity contribution in [3.63, 3.8) is 0 Å². The summed E-state index contributed by atoms with van der Waals surface area (Å²) >= 11 is 4.17. The normalized spacial score (nSPS) is 19.4. The molecule has 1 spiro atoms. The molecule has 2 fully saturated rings. The zero-order valence-electron chi connectivity index (χ0n) is 14.2. The van der Waals surface area contributed by atoms with E-state index in [9.17, 15) is 31.5 Å². The largest absolute Gasteiger partial charge is 0.413 e. The summed E-state index contributed by atoms with van der Waals surface area (Å²) in [5, 5.41) is 7.84. The summed E-state index contributed by atoms with van der Waals surface area (Å²) < 4.78 is 69.4. The van der Waals surface area contributed by atoms with Crippen LogP contribution in [0.15, 0.2) is 22.1 Å². The Morgan fingerprint density at radius 1 is 1.21 bits per heavy atom. The third-order valence-corrected chi connectivity index (χ3v) is 6.20. The molecule has 154 valence electrons. The van der Waals surface area contributed by atoms with Crippen LogP contribution in [0.5, 0.6) is 0 Å². The molecule has 3 amide bonds. The molecule has 1 aromatic heterocycles. The zero-order valence-corrected chi connectivity index (χ0v) is 16.6. The van der Waals surface area contributed by atoms with Crippen molar-refractivity contribution in [1.82, 2.24) is 20.0 Å². The maximum absolute atomic E-state index is 14.2. The molecule has 4 rings (SSSR count). The molecule has 1 saturated carbocycles. The zero-order chi connectivity index (χ0) is 21.1. The van der Waals surface area contributed by atoms with Crippen LogP contribution in [0.25, 0.3) is 0 Å². The Hall–Kier alpha value is -2.15. The number of carbonyl (C=O) groups excluding carboxylic acids is 2. The summed E-state index contributed by atoms with van der Waals surface area (Å²) in [5.41, 5.74) is -2.41. The van der Waals surface area contributed by atoms with Crippen LogP contribution in [0.1, 0.15) is 29.5 Å². The molecular weight excluding hydrogens is 487 g/mol. The van der Waals surface area contributed by atoms with Crippen molar-refractivity contribution in [1.29, 1.82) is 0 Å². The van der Waals surface area contributed by atoms with Crippen LogP contribution in [0, 0.1) is 11.6 Å². The SMILES string of the molecule is O=C1N(C(c2ccc(F)cc2F)C(F)(F)F)C(=O)C2(CC2)N1Cc1nnc(Br)s1. The lowest BCUT2D eigenvalue weighted by Crippen LogP contribution is -2.43. The molecule has 6 nitrogen and oxygen atoms in total. The minimum Gasteiger partial charge on any atom is -0.303 e. The van der Waals surface area contributed by atoms with E-state index < -0.39 is 46.9 Å². The van der Waals surface area contributed by atoms with Gasteiger partial charge in [-0.3, -0.25) is 4.79 Å². The highest BCUT2D eigenvalue weighted by molar-refractivity contribution is 9.11. The van der Waals surface area contributed by atoms with Gasteiger partial charge in [-0.1, -0.05) is 17.4 Å². The molecule has 2 heterocycles. The first-order valence-corrected chi connectivity index (χ1v) is 9.80. The lowest BCUT2D eigenvalue weighted by atomic mass is 10.0. The smallest absolute Gasteiger partial charge is 0.303 e. The molecule has 1 aromatic carbocycles. The molecule has 1 unspecified atom stereocenters. The lowest BCUT2D eigenvalue weighted by molar-refractivity contribution is -0.183. The maximum atomic E-state index is 14.2. The number of hydrogen-bond donors (Lipinski definition) is 0. The van der Waals surface area contributed by atoms with Gasteiger partial charge in [0.05, 0.1) is 6.54 Å². The van der Waals surface area contributed by atoms with Gasteiger partial charge in [-0.2, -0.15) is 13.2 Å². The van der Waals surface area contributed by atoms with Crippen molar-refractivity contribution in [3.8, 4) is 0 Å². The van der Waals surface area contributed by atoms with Gasteiger partial charge >= 0.3 is 12.2 Å². The molecule has 0 bridgehead atoms. The van der Waals surface area contributed by atoms with E-state index in [2.05, 4.69) is 26.1 Å². The number of halogens is 6. The van der Waals surface area contributed by atoms with E-state index in [1.165, 1.54) is 0 Å². The Morgan fingerprint density at radius 3 is 2.41 bits per heavy atom. The van der Waals surface area contributed by atoms with Gasteiger partial charge in [-0.25, -0.2) is 18.5 Å². The van der Waals surface area contributed by atoms with E-state index in [4.69, 9.17) is 0 Å². The minimum absolute atomic E-state index is 0.0272. The highest BCUT2D eigenvalue weighted by Crippen LogP contribution is 2.53. The van der Waals surface area contributed by atoms with E-state index in [-0.39, 0.29) is 30.4 Å². The number of aromatic nitrogens is 2. The summed E-state index contributed by atoms with van der Waals surface area (Å²) in [4.78, 5) is 26.8. The van der Waals surface area contributed by atoms with Crippen molar-refractivity contribution in [2.45, 2.75) is 37.1 Å². The monoisotopic (exact) mass is 496 g/mol. The number of hydrogen-bond acceptors (Lipinski definition) is 5. The van der Waals surface area contributed by atoms with Crippen LogP contribution < -0.4 is 0 Å². The van der Waals surface area contributed by atoms with Crippen molar-refractivity contribution < 1.29 is 31.5 Å². The Kier molecular flexibility index (Phi) is 4.64. The first kappa shape index (κ1) is 20.1. The number of nitrogens with zero attached hydrogens (tertiary/aromatic N) is 4. The second-order valence-electron chi connectivity index (χ2n) is 6.63. The van der Waals surface area contributed by atoms with Gasteiger partial charge in [0.1, 0.15) is 22.2 Å². The highest BCUT2D eigenvalue weighted by atomic mass is 79.9. The molecule has 2 aromatic rings. The van der Waals surface area contributed by atoms with Crippen LogP contribution in [0.2, 0.25) is 0 Å². The van der Waals surface area contributed by atoms with Crippen LogP contribution >= 0.6 is 27.3 Å². The molecule has 13 heteroatoms. The van der Waals surface area contributed by atoms with Crippen molar-refractivity contribution >= 4 is 39.2 Å². The topological polar surface area (TPSA) is 66.4 Å². The van der Waals surface area contributed by atoms with Gasteiger partial charge < -0.3 is 4.90 Å². The lowest BCUT2D eigenvalue weighted by Gasteiger charge is -2.28. The first-order chi connectivity index (χ1) is 13.5. The molecule has 0 radical (unpaired) electrons. The molecule has 1 aliphatic heterocycles. The van der Waals surface area contributed by atoms with Gasteiger partial charge in [0, 0.05) is 11.6 Å². The number of amides is 3. The Bertz CT molecular complexity index is 1010. The van der Waals surface area contributed by atoms with Crippen molar-refractivity contribution in [2.24, 2.45) is 0 Å². The van der Waals surface area contributed by atoms with Crippen molar-refractivity contribution in [2.75, 3.05) is 0 Å². The standard InChI is InChI=1S/C16H10BrF5N4O2S/c17-13-24-23-10(29-13)6-25-14(28)26(12(27)15(25)3-4-15)11(16(20,21)22)8-2-1-7(18)5-9(8)19/h1-2,5,11H,3-4,6H2. The fourth-order valence-electron chi connectivity index (χ4n) is 3.41. The fourth-order valence-corrected chi connectivity index (χ4v) is 4.60. The van der Waals surface area contributed by atoms with E-state index in [0.717, 1.165) is 16.2 Å². The Morgan fingerprint density at radius 2 is 1.90 bits per heavy atom. The van der Waals surface area contributed by atoms with Gasteiger partial charge in [-0.05, 0) is 34.8 Å². The van der Waals surface area contributed by atoms with Crippen LogP contribution in [-0.2, 0) is 11.3 Å². The summed E-state index contributed by atoms with van der Waals surface area (Å²) in [6, 6.07) is -2.56. The van der Waals surface area contributed by atoms with Crippen LogP contribution in [0.3, 0.4) is 0 Å². The van der Waals surface area contributed by atoms with Gasteiger partial charge in [0.2, 0.25) is 0 Å². The Labute approximate surface area is 172 Å². The number of imide groups is 1. The van der Waals surface area contributed by atoms with Gasteiger partial charge in [0.15, 0.2) is 9.96 Å². The molecule has 1 atom stereocenters. The molecular formula is C16H10BrF5N4O2S. The summed E-state index contributed by atoms with van der Waals surface area (Å²) in [7, 11) is 0. The number of benzene rings is 1. The predicted octanol–water partition coefficient (Wildman–Crippen LogP) is 4.18. The van der Waals surface area contributed by atoms with E-state index in [0.29, 0.717) is 21.1 Å². The molecule has 1 saturated heterocycles. The highest BCUT2D eigenvalue weighted by Gasteiger charge is 2.68. The predicted molar refractivity (Wildman–Crippen MR) is 92.5 cm³/mol. The third kappa shape index (κ3) is 3.29.